The number of carbonyl (C=O) groups excluding carboxylic acids is 1. The van der Waals surface area contributed by atoms with Gasteiger partial charge in [0.05, 0.1) is 16.2 Å². The molecule has 2 fully saturated rings. The van der Waals surface area contributed by atoms with E-state index in [9.17, 15) is 9.90 Å². The number of likely N-dealkylation sites (tertiary alicyclic amines) is 1. The van der Waals surface area contributed by atoms with E-state index in [1.807, 2.05) is 30.1 Å². The van der Waals surface area contributed by atoms with Gasteiger partial charge in [-0.1, -0.05) is 17.7 Å². The summed E-state index contributed by atoms with van der Waals surface area (Å²) in [6, 6.07) is 5.73. The van der Waals surface area contributed by atoms with Crippen LogP contribution < -0.4 is 5.32 Å². The number of aryl methyl sites for hydroxylation is 1. The lowest BCUT2D eigenvalue weighted by atomic mass is 9.91. The second-order valence-electron chi connectivity index (χ2n) is 7.64. The van der Waals surface area contributed by atoms with Crippen molar-refractivity contribution in [3.8, 4) is 0 Å². The minimum Gasteiger partial charge on any atom is -0.379 e. The number of hydrogen-bond donors (Lipinski definition) is 2. The molecule has 0 spiro atoms. The zero-order valence-electron chi connectivity index (χ0n) is 15.0. The molecule has 0 bridgehead atoms. The highest BCUT2D eigenvalue weighted by Crippen LogP contribution is 2.32. The van der Waals surface area contributed by atoms with Gasteiger partial charge in [-0.3, -0.25) is 9.48 Å². The highest BCUT2D eigenvalue weighted by atomic mass is 35.5. The van der Waals surface area contributed by atoms with E-state index in [0.717, 1.165) is 36.1 Å². The van der Waals surface area contributed by atoms with Crippen molar-refractivity contribution in [1.29, 1.82) is 0 Å². The molecule has 1 aromatic heterocycles. The van der Waals surface area contributed by atoms with Crippen LogP contribution in [0.25, 0.3) is 10.9 Å². The standard InChI is InChI=1S/C19H25ClN4O2/c1-23-16-5-2-4-14(20)17(16)15(22-23)10-21-12-19(26)8-3-9-24(18(19)25)11-13-6-7-13/h2,4-5,13,21,26H,3,6-12H2,1H3/t19-/m0/s1. The van der Waals surface area contributed by atoms with Gasteiger partial charge in [0.1, 0.15) is 0 Å². The van der Waals surface area contributed by atoms with Gasteiger partial charge in [-0.25, -0.2) is 0 Å². The monoisotopic (exact) mass is 376 g/mol. The van der Waals surface area contributed by atoms with Crippen LogP contribution in [0.3, 0.4) is 0 Å². The van der Waals surface area contributed by atoms with Crippen molar-refractivity contribution in [2.45, 2.75) is 37.8 Å². The van der Waals surface area contributed by atoms with Gasteiger partial charge in [0.25, 0.3) is 5.91 Å². The zero-order valence-corrected chi connectivity index (χ0v) is 15.8. The molecule has 1 saturated heterocycles. The Labute approximate surface area is 158 Å². The van der Waals surface area contributed by atoms with E-state index < -0.39 is 5.60 Å². The second-order valence-corrected chi connectivity index (χ2v) is 8.04. The Hall–Kier alpha value is -1.63. The number of aliphatic hydroxyl groups is 1. The first-order chi connectivity index (χ1) is 12.5. The van der Waals surface area contributed by atoms with Crippen molar-refractivity contribution in [1.82, 2.24) is 20.0 Å². The molecule has 0 radical (unpaired) electrons. The predicted molar refractivity (Wildman–Crippen MR) is 101 cm³/mol. The number of aromatic nitrogens is 2. The molecule has 2 aliphatic rings. The molecule has 140 valence electrons. The number of amides is 1. The van der Waals surface area contributed by atoms with E-state index >= 15 is 0 Å². The molecule has 0 unspecified atom stereocenters. The fourth-order valence-electron chi connectivity index (χ4n) is 3.88. The van der Waals surface area contributed by atoms with Crippen molar-refractivity contribution >= 4 is 28.4 Å². The lowest BCUT2D eigenvalue weighted by molar-refractivity contribution is -0.156. The van der Waals surface area contributed by atoms with Crippen molar-refractivity contribution in [3.05, 3.63) is 28.9 Å². The Morgan fingerprint density at radius 2 is 2.23 bits per heavy atom. The summed E-state index contributed by atoms with van der Waals surface area (Å²) in [5.41, 5.74) is 0.480. The summed E-state index contributed by atoms with van der Waals surface area (Å²) in [5.74, 6) is 0.503. The summed E-state index contributed by atoms with van der Waals surface area (Å²) in [4.78, 5) is 14.6. The largest absolute Gasteiger partial charge is 0.379 e. The van der Waals surface area contributed by atoms with Gasteiger partial charge in [0.2, 0.25) is 0 Å². The van der Waals surface area contributed by atoms with E-state index in [4.69, 9.17) is 11.6 Å². The minimum absolute atomic E-state index is 0.132. The van der Waals surface area contributed by atoms with Crippen LogP contribution in [0.1, 0.15) is 31.4 Å². The van der Waals surface area contributed by atoms with Crippen molar-refractivity contribution in [2.24, 2.45) is 13.0 Å². The molecule has 6 nitrogen and oxygen atoms in total. The molecule has 1 saturated carbocycles. The van der Waals surface area contributed by atoms with Crippen molar-refractivity contribution in [2.75, 3.05) is 19.6 Å². The highest BCUT2D eigenvalue weighted by molar-refractivity contribution is 6.35. The summed E-state index contributed by atoms with van der Waals surface area (Å²) >= 11 is 6.34. The zero-order chi connectivity index (χ0) is 18.3. The lowest BCUT2D eigenvalue weighted by Crippen LogP contribution is -2.58. The third-order valence-corrected chi connectivity index (χ3v) is 5.80. The van der Waals surface area contributed by atoms with Crippen LogP contribution in [0.4, 0.5) is 0 Å². The third kappa shape index (κ3) is 3.33. The first-order valence-corrected chi connectivity index (χ1v) is 9.68. The van der Waals surface area contributed by atoms with Crippen molar-refractivity contribution < 1.29 is 9.90 Å². The summed E-state index contributed by atoms with van der Waals surface area (Å²) in [6.07, 6.45) is 3.75. The summed E-state index contributed by atoms with van der Waals surface area (Å²) in [7, 11) is 1.89. The Balaban J connectivity index is 1.43. The molecule has 7 heteroatoms. The maximum Gasteiger partial charge on any atom is 0.255 e. The van der Waals surface area contributed by atoms with Crippen LogP contribution in [-0.4, -0.2) is 50.9 Å². The Morgan fingerprint density at radius 1 is 1.42 bits per heavy atom. The molecule has 1 atom stereocenters. The molecule has 1 aromatic carbocycles. The van der Waals surface area contributed by atoms with Crippen LogP contribution in [0.15, 0.2) is 18.2 Å². The predicted octanol–water partition coefficient (Wildman–Crippen LogP) is 2.08. The number of nitrogens with zero attached hydrogens (tertiary/aromatic N) is 3. The number of piperidine rings is 1. The highest BCUT2D eigenvalue weighted by Gasteiger charge is 2.43. The SMILES string of the molecule is Cn1nc(CNC[C@@]2(O)CCCN(CC3CC3)C2=O)c2c(Cl)cccc21. The van der Waals surface area contributed by atoms with Crippen LogP contribution in [0.2, 0.25) is 5.02 Å². The Morgan fingerprint density at radius 3 is 3.00 bits per heavy atom. The summed E-state index contributed by atoms with van der Waals surface area (Å²) < 4.78 is 1.80. The number of fused-ring (bicyclic) bond motifs is 1. The molecule has 26 heavy (non-hydrogen) atoms. The number of benzene rings is 1. The van der Waals surface area contributed by atoms with Crippen molar-refractivity contribution in [3.63, 3.8) is 0 Å². The van der Waals surface area contributed by atoms with E-state index in [0.29, 0.717) is 23.9 Å². The first-order valence-electron chi connectivity index (χ1n) is 9.30. The van der Waals surface area contributed by atoms with Crippen LogP contribution >= 0.6 is 11.6 Å². The fourth-order valence-corrected chi connectivity index (χ4v) is 4.16. The number of nitrogens with one attached hydrogen (secondary N) is 1. The summed E-state index contributed by atoms with van der Waals surface area (Å²) in [5, 5.41) is 20.2. The number of rotatable bonds is 6. The van der Waals surface area contributed by atoms with Crippen LogP contribution in [-0.2, 0) is 18.4 Å². The molecule has 2 N–H and O–H groups in total. The average Bonchev–Trinajstić information content (AvgIpc) is 3.36. The molecule has 1 aliphatic carbocycles. The maximum atomic E-state index is 12.7. The molecular formula is C19H25ClN4O2. The van der Waals surface area contributed by atoms with Gasteiger partial charge in [0, 0.05) is 38.6 Å². The van der Waals surface area contributed by atoms with E-state index in [1.165, 1.54) is 12.8 Å². The fraction of sp³-hybridized carbons (Fsp3) is 0.579. The Kier molecular flexibility index (Phi) is 4.67. The molecular weight excluding hydrogens is 352 g/mol. The molecule has 2 aromatic rings. The minimum atomic E-state index is -1.32. The molecule has 2 heterocycles. The normalized spacial score (nSPS) is 23.8. The van der Waals surface area contributed by atoms with Gasteiger partial charge in [-0.05, 0) is 43.7 Å². The lowest BCUT2D eigenvalue weighted by Gasteiger charge is -2.38. The van der Waals surface area contributed by atoms with E-state index in [-0.39, 0.29) is 12.5 Å². The molecule has 4 rings (SSSR count). The van der Waals surface area contributed by atoms with Gasteiger partial charge in [0.15, 0.2) is 5.60 Å². The number of carbonyl (C=O) groups is 1. The van der Waals surface area contributed by atoms with Crippen LogP contribution in [0.5, 0.6) is 0 Å². The Bertz CT molecular complexity index is 832. The number of hydrogen-bond acceptors (Lipinski definition) is 4. The number of halogens is 1. The first kappa shape index (κ1) is 17.8. The summed E-state index contributed by atoms with van der Waals surface area (Å²) in [6.45, 7) is 2.24. The average molecular weight is 377 g/mol. The second kappa shape index (κ2) is 6.83. The maximum absolute atomic E-state index is 12.7. The van der Waals surface area contributed by atoms with Gasteiger partial charge >= 0.3 is 0 Å². The molecule has 1 amide bonds. The van der Waals surface area contributed by atoms with Gasteiger partial charge in [-0.15, -0.1) is 0 Å². The van der Waals surface area contributed by atoms with Crippen LogP contribution in [0, 0.1) is 5.92 Å². The third-order valence-electron chi connectivity index (χ3n) is 5.49. The quantitative estimate of drug-likeness (QED) is 0.809. The van der Waals surface area contributed by atoms with E-state index in [2.05, 4.69) is 10.4 Å². The molecule has 1 aliphatic heterocycles. The topological polar surface area (TPSA) is 70.4 Å². The van der Waals surface area contributed by atoms with Gasteiger partial charge < -0.3 is 15.3 Å². The van der Waals surface area contributed by atoms with E-state index in [1.54, 1.807) is 4.68 Å². The van der Waals surface area contributed by atoms with Gasteiger partial charge in [-0.2, -0.15) is 5.10 Å². The smallest absolute Gasteiger partial charge is 0.255 e.